The number of ether oxygens (including phenoxy) is 1. The molecule has 7 heteroatoms. The molecule has 5 rings (SSSR count). The van der Waals surface area contributed by atoms with Gasteiger partial charge < -0.3 is 15.4 Å². The number of esters is 1. The van der Waals surface area contributed by atoms with Crippen molar-refractivity contribution in [2.75, 3.05) is 11.9 Å². The Bertz CT molecular complexity index is 834. The van der Waals surface area contributed by atoms with Gasteiger partial charge in [0, 0.05) is 5.41 Å². The van der Waals surface area contributed by atoms with Crippen LogP contribution in [0, 0.1) is 34.9 Å². The third kappa shape index (κ3) is 4.60. The normalized spacial score (nSPS) is 29.5. The molecule has 4 aliphatic rings. The first kappa shape index (κ1) is 21.8. The van der Waals surface area contributed by atoms with Gasteiger partial charge in [-0.05, 0) is 74.3 Å². The van der Waals surface area contributed by atoms with Gasteiger partial charge in [0.1, 0.15) is 11.9 Å². The van der Waals surface area contributed by atoms with Crippen LogP contribution in [-0.2, 0) is 19.1 Å². The number of anilines is 1. The van der Waals surface area contributed by atoms with Crippen molar-refractivity contribution < 1.29 is 23.5 Å². The summed E-state index contributed by atoms with van der Waals surface area (Å²) in [5.74, 6) is -0.177. The number of halogens is 1. The lowest BCUT2D eigenvalue weighted by Gasteiger charge is -2.55. The van der Waals surface area contributed by atoms with E-state index in [2.05, 4.69) is 10.6 Å². The van der Waals surface area contributed by atoms with Crippen LogP contribution in [-0.4, -0.2) is 30.4 Å². The molecular formula is C24H31FN2O4. The summed E-state index contributed by atoms with van der Waals surface area (Å²) in [6, 6.07) is 4.96. The Morgan fingerprint density at radius 3 is 2.19 bits per heavy atom. The SMILES string of the molecule is CC(C)[C@@H](NC(=O)C12CC3CC(CC(C3)C1)C2)C(=O)OCC(=O)Nc1ccccc1F. The Kier molecular flexibility index (Phi) is 6.04. The smallest absolute Gasteiger partial charge is 0.329 e. The first-order valence-corrected chi connectivity index (χ1v) is 11.3. The van der Waals surface area contributed by atoms with Gasteiger partial charge in [0.2, 0.25) is 5.91 Å². The molecule has 0 aromatic heterocycles. The Morgan fingerprint density at radius 2 is 1.65 bits per heavy atom. The zero-order chi connectivity index (χ0) is 22.2. The van der Waals surface area contributed by atoms with Crippen molar-refractivity contribution in [1.29, 1.82) is 0 Å². The Balaban J connectivity index is 1.34. The minimum atomic E-state index is -0.818. The van der Waals surface area contributed by atoms with Gasteiger partial charge in [0.15, 0.2) is 6.61 Å². The van der Waals surface area contributed by atoms with Crippen molar-refractivity contribution in [3.05, 3.63) is 30.1 Å². The molecule has 2 amide bonds. The molecule has 4 saturated carbocycles. The zero-order valence-corrected chi connectivity index (χ0v) is 18.2. The molecule has 1 aromatic carbocycles. The first-order valence-electron chi connectivity index (χ1n) is 11.3. The van der Waals surface area contributed by atoms with E-state index in [0.29, 0.717) is 17.8 Å². The Hall–Kier alpha value is -2.44. The van der Waals surface area contributed by atoms with E-state index in [-0.39, 0.29) is 22.9 Å². The lowest BCUT2D eigenvalue weighted by Crippen LogP contribution is -2.57. The van der Waals surface area contributed by atoms with Crippen molar-refractivity contribution in [3.63, 3.8) is 0 Å². The van der Waals surface area contributed by atoms with Gasteiger partial charge in [-0.25, -0.2) is 9.18 Å². The van der Waals surface area contributed by atoms with Crippen LogP contribution >= 0.6 is 0 Å². The number of carbonyl (C=O) groups excluding carboxylic acids is 3. The summed E-state index contributed by atoms with van der Waals surface area (Å²) in [6.45, 7) is 3.14. The number of para-hydroxylation sites is 1. The summed E-state index contributed by atoms with van der Waals surface area (Å²) >= 11 is 0. The molecule has 168 valence electrons. The lowest BCUT2D eigenvalue weighted by atomic mass is 9.49. The van der Waals surface area contributed by atoms with E-state index >= 15 is 0 Å². The Labute approximate surface area is 182 Å². The third-order valence-corrected chi connectivity index (χ3v) is 7.22. The molecule has 31 heavy (non-hydrogen) atoms. The zero-order valence-electron chi connectivity index (χ0n) is 18.2. The maximum atomic E-state index is 13.7. The number of benzene rings is 1. The summed E-state index contributed by atoms with van der Waals surface area (Å²) in [6.07, 6.45) is 6.44. The molecule has 0 saturated heterocycles. The number of hydrogen-bond acceptors (Lipinski definition) is 4. The first-order chi connectivity index (χ1) is 14.8. The van der Waals surface area contributed by atoms with E-state index in [1.807, 2.05) is 13.8 Å². The highest BCUT2D eigenvalue weighted by Gasteiger charge is 2.55. The van der Waals surface area contributed by atoms with Crippen molar-refractivity contribution >= 4 is 23.5 Å². The summed E-state index contributed by atoms with van der Waals surface area (Å²) in [5, 5.41) is 5.34. The minimum Gasteiger partial charge on any atom is -0.454 e. The van der Waals surface area contributed by atoms with E-state index in [4.69, 9.17) is 4.74 Å². The van der Waals surface area contributed by atoms with Crippen molar-refractivity contribution in [2.45, 2.75) is 58.4 Å². The molecule has 2 N–H and O–H groups in total. The van der Waals surface area contributed by atoms with E-state index < -0.39 is 30.3 Å². The van der Waals surface area contributed by atoms with Crippen LogP contribution in [0.3, 0.4) is 0 Å². The maximum Gasteiger partial charge on any atom is 0.329 e. The monoisotopic (exact) mass is 430 g/mol. The average Bonchev–Trinajstić information content (AvgIpc) is 2.70. The number of nitrogens with one attached hydrogen (secondary N) is 2. The van der Waals surface area contributed by atoms with Crippen LogP contribution in [0.4, 0.5) is 10.1 Å². The number of rotatable bonds is 7. The van der Waals surface area contributed by atoms with Crippen molar-refractivity contribution in [2.24, 2.45) is 29.1 Å². The van der Waals surface area contributed by atoms with E-state index in [1.165, 1.54) is 37.5 Å². The molecule has 0 spiro atoms. The van der Waals surface area contributed by atoms with E-state index in [9.17, 15) is 18.8 Å². The fourth-order valence-electron chi connectivity index (χ4n) is 6.16. The average molecular weight is 431 g/mol. The minimum absolute atomic E-state index is 0.0269. The maximum absolute atomic E-state index is 13.7. The number of amides is 2. The van der Waals surface area contributed by atoms with Crippen molar-refractivity contribution in [1.82, 2.24) is 5.32 Å². The fourth-order valence-corrected chi connectivity index (χ4v) is 6.16. The summed E-state index contributed by atoms with van der Waals surface area (Å²) in [7, 11) is 0. The fraction of sp³-hybridized carbons (Fsp3) is 0.625. The summed E-state index contributed by atoms with van der Waals surface area (Å²) < 4.78 is 18.8. The third-order valence-electron chi connectivity index (χ3n) is 7.22. The van der Waals surface area contributed by atoms with Gasteiger partial charge in [-0.3, -0.25) is 9.59 Å². The molecule has 1 aromatic rings. The molecule has 0 radical (unpaired) electrons. The Morgan fingerprint density at radius 1 is 1.06 bits per heavy atom. The highest BCUT2D eigenvalue weighted by molar-refractivity contribution is 5.94. The topological polar surface area (TPSA) is 84.5 Å². The molecule has 0 aliphatic heterocycles. The van der Waals surface area contributed by atoms with Gasteiger partial charge in [-0.2, -0.15) is 0 Å². The van der Waals surface area contributed by atoms with Gasteiger partial charge in [0.05, 0.1) is 5.69 Å². The van der Waals surface area contributed by atoms with Gasteiger partial charge >= 0.3 is 5.97 Å². The second-order valence-corrected chi connectivity index (χ2v) is 10.0. The van der Waals surface area contributed by atoms with Crippen LogP contribution < -0.4 is 10.6 Å². The molecular weight excluding hydrogens is 399 g/mol. The van der Waals surface area contributed by atoms with Crippen LogP contribution in [0.15, 0.2) is 24.3 Å². The second-order valence-electron chi connectivity index (χ2n) is 10.0. The quantitative estimate of drug-likeness (QED) is 0.647. The lowest BCUT2D eigenvalue weighted by molar-refractivity contribution is -0.156. The molecule has 0 heterocycles. The number of hydrogen-bond donors (Lipinski definition) is 2. The van der Waals surface area contributed by atoms with Crippen molar-refractivity contribution in [3.8, 4) is 0 Å². The second kappa shape index (κ2) is 8.60. The molecule has 4 bridgehead atoms. The van der Waals surface area contributed by atoms with Crippen LogP contribution in [0.5, 0.6) is 0 Å². The molecule has 1 atom stereocenters. The predicted octanol–water partition coefficient (Wildman–Crippen LogP) is 3.66. The predicted molar refractivity (Wildman–Crippen MR) is 113 cm³/mol. The molecule has 4 aliphatic carbocycles. The van der Waals surface area contributed by atoms with Gasteiger partial charge in [-0.15, -0.1) is 0 Å². The van der Waals surface area contributed by atoms with E-state index in [1.54, 1.807) is 6.07 Å². The van der Waals surface area contributed by atoms with Crippen LogP contribution in [0.25, 0.3) is 0 Å². The summed E-state index contributed by atoms with van der Waals surface area (Å²) in [5.41, 5.74) is -0.330. The molecule has 4 fully saturated rings. The van der Waals surface area contributed by atoms with Crippen LogP contribution in [0.1, 0.15) is 52.4 Å². The van der Waals surface area contributed by atoms with Gasteiger partial charge in [-0.1, -0.05) is 26.0 Å². The van der Waals surface area contributed by atoms with Crippen LogP contribution in [0.2, 0.25) is 0 Å². The molecule has 6 nitrogen and oxygen atoms in total. The number of carbonyl (C=O) groups is 3. The highest BCUT2D eigenvalue weighted by atomic mass is 19.1. The molecule has 0 unspecified atom stereocenters. The summed E-state index contributed by atoms with van der Waals surface area (Å²) in [4.78, 5) is 38.0. The van der Waals surface area contributed by atoms with E-state index in [0.717, 1.165) is 19.3 Å². The highest BCUT2D eigenvalue weighted by Crippen LogP contribution is 2.60. The largest absolute Gasteiger partial charge is 0.454 e. The standard InChI is InChI=1S/C24H31FN2O4/c1-14(2)21(22(29)31-13-20(28)26-19-6-4-3-5-18(19)25)27-23(30)24-10-15-7-16(11-24)9-17(8-15)12-24/h3-6,14-17,21H,7-13H2,1-2H3,(H,26,28)(H,27,30)/t15?,16?,17?,21-,24?/m1/s1. The van der Waals surface area contributed by atoms with Gasteiger partial charge in [0.25, 0.3) is 5.91 Å².